The highest BCUT2D eigenvalue weighted by Gasteiger charge is 2.22. The average Bonchev–Trinajstić information content (AvgIpc) is 2.55. The molecule has 1 fully saturated rings. The van der Waals surface area contributed by atoms with Crippen LogP contribution in [0.4, 0.5) is 11.4 Å². The van der Waals surface area contributed by atoms with Gasteiger partial charge in [0.1, 0.15) is 5.69 Å². The number of nitro groups is 1. The molecule has 2 rings (SSSR count). The van der Waals surface area contributed by atoms with Gasteiger partial charge in [0, 0.05) is 12.1 Å². The predicted molar refractivity (Wildman–Crippen MR) is 72.8 cm³/mol. The van der Waals surface area contributed by atoms with Gasteiger partial charge in [-0.15, -0.1) is 0 Å². The maximum absolute atomic E-state index is 11.0. The fourth-order valence-corrected chi connectivity index (χ4v) is 2.66. The molecule has 18 heavy (non-hydrogen) atoms. The zero-order chi connectivity index (χ0) is 13.0. The monoisotopic (exact) mass is 248 g/mol. The van der Waals surface area contributed by atoms with Crippen LogP contribution >= 0.6 is 0 Å². The summed E-state index contributed by atoms with van der Waals surface area (Å²) in [5.74, 6) is 0.576. The molecule has 4 nitrogen and oxygen atoms in total. The van der Waals surface area contributed by atoms with Gasteiger partial charge in [-0.2, -0.15) is 0 Å². The average molecular weight is 248 g/mol. The largest absolute Gasteiger partial charge is 0.376 e. The molecule has 1 aliphatic rings. The van der Waals surface area contributed by atoms with Crippen molar-refractivity contribution in [1.82, 2.24) is 0 Å². The summed E-state index contributed by atoms with van der Waals surface area (Å²) in [5.41, 5.74) is 0.829. The normalized spacial score (nSPS) is 24.3. The minimum atomic E-state index is -0.316. The van der Waals surface area contributed by atoms with E-state index in [1.807, 2.05) is 6.07 Å². The molecule has 4 heteroatoms. The third-order valence-electron chi connectivity index (χ3n) is 3.80. The summed E-state index contributed by atoms with van der Waals surface area (Å²) >= 11 is 0. The van der Waals surface area contributed by atoms with Gasteiger partial charge in [-0.25, -0.2) is 0 Å². The van der Waals surface area contributed by atoms with Crippen molar-refractivity contribution in [2.45, 2.75) is 45.1 Å². The summed E-state index contributed by atoms with van der Waals surface area (Å²) < 4.78 is 0. The number of para-hydroxylation sites is 2. The van der Waals surface area contributed by atoms with Gasteiger partial charge in [0.15, 0.2) is 0 Å². The molecule has 2 unspecified atom stereocenters. The summed E-state index contributed by atoms with van der Waals surface area (Å²) in [6.07, 6.45) is 6.07. The van der Waals surface area contributed by atoms with Crippen LogP contribution in [0.5, 0.6) is 0 Å². The molecule has 0 spiro atoms. The number of nitrogens with zero attached hydrogens (tertiary/aromatic N) is 1. The van der Waals surface area contributed by atoms with E-state index in [2.05, 4.69) is 12.2 Å². The predicted octanol–water partition coefficient (Wildman–Crippen LogP) is 3.98. The van der Waals surface area contributed by atoms with Gasteiger partial charge in [0.2, 0.25) is 0 Å². The van der Waals surface area contributed by atoms with Gasteiger partial charge in [-0.05, 0) is 24.8 Å². The van der Waals surface area contributed by atoms with Crippen LogP contribution in [0.2, 0.25) is 0 Å². The fraction of sp³-hybridized carbons (Fsp3) is 0.571. The van der Waals surface area contributed by atoms with Crippen LogP contribution in [0.15, 0.2) is 24.3 Å². The van der Waals surface area contributed by atoms with E-state index in [0.717, 1.165) is 6.42 Å². The highest BCUT2D eigenvalue weighted by atomic mass is 16.6. The minimum Gasteiger partial charge on any atom is -0.376 e. The van der Waals surface area contributed by atoms with Gasteiger partial charge in [-0.1, -0.05) is 38.3 Å². The molecule has 0 radical (unpaired) electrons. The maximum Gasteiger partial charge on any atom is 0.292 e. The first-order valence-corrected chi connectivity index (χ1v) is 6.68. The van der Waals surface area contributed by atoms with E-state index in [-0.39, 0.29) is 10.6 Å². The third kappa shape index (κ3) is 3.00. The van der Waals surface area contributed by atoms with Crippen LogP contribution in [0.25, 0.3) is 0 Å². The first-order chi connectivity index (χ1) is 8.68. The first kappa shape index (κ1) is 12.9. The van der Waals surface area contributed by atoms with Crippen LogP contribution in [0.1, 0.15) is 39.0 Å². The van der Waals surface area contributed by atoms with E-state index in [1.54, 1.807) is 18.2 Å². The number of nitro benzene ring substituents is 1. The van der Waals surface area contributed by atoms with E-state index >= 15 is 0 Å². The highest BCUT2D eigenvalue weighted by Crippen LogP contribution is 2.29. The van der Waals surface area contributed by atoms with Crippen molar-refractivity contribution in [3.8, 4) is 0 Å². The van der Waals surface area contributed by atoms with Crippen molar-refractivity contribution in [3.05, 3.63) is 34.4 Å². The van der Waals surface area contributed by atoms with Crippen molar-refractivity contribution in [1.29, 1.82) is 0 Å². The van der Waals surface area contributed by atoms with E-state index in [4.69, 9.17) is 0 Å². The van der Waals surface area contributed by atoms with Crippen molar-refractivity contribution in [3.63, 3.8) is 0 Å². The molecule has 1 N–H and O–H groups in total. The summed E-state index contributed by atoms with van der Waals surface area (Å²) in [6, 6.07) is 7.27. The Morgan fingerprint density at radius 1 is 1.22 bits per heavy atom. The molecule has 0 amide bonds. The Kier molecular flexibility index (Phi) is 4.18. The number of hydrogen-bond acceptors (Lipinski definition) is 3. The van der Waals surface area contributed by atoms with Gasteiger partial charge < -0.3 is 5.32 Å². The molecular formula is C14H20N2O2. The molecule has 1 aromatic carbocycles. The molecule has 0 heterocycles. The third-order valence-corrected chi connectivity index (χ3v) is 3.80. The molecule has 0 saturated heterocycles. The topological polar surface area (TPSA) is 55.2 Å². The van der Waals surface area contributed by atoms with Crippen molar-refractivity contribution in [2.75, 3.05) is 5.32 Å². The summed E-state index contributed by atoms with van der Waals surface area (Å²) in [4.78, 5) is 10.7. The second-order valence-corrected chi connectivity index (χ2v) is 5.14. The van der Waals surface area contributed by atoms with Crippen molar-refractivity contribution in [2.24, 2.45) is 5.92 Å². The van der Waals surface area contributed by atoms with Gasteiger partial charge >= 0.3 is 0 Å². The maximum atomic E-state index is 11.0. The minimum absolute atomic E-state index is 0.175. The van der Waals surface area contributed by atoms with Gasteiger partial charge in [0.05, 0.1) is 4.92 Å². The van der Waals surface area contributed by atoms with E-state index in [1.165, 1.54) is 25.7 Å². The Bertz CT molecular complexity index is 420. The molecule has 0 aliphatic heterocycles. The number of hydrogen-bond donors (Lipinski definition) is 1. The molecule has 1 aliphatic carbocycles. The van der Waals surface area contributed by atoms with Gasteiger partial charge in [-0.3, -0.25) is 10.1 Å². The van der Waals surface area contributed by atoms with E-state index in [0.29, 0.717) is 17.6 Å². The summed E-state index contributed by atoms with van der Waals surface area (Å²) in [7, 11) is 0. The lowest BCUT2D eigenvalue weighted by Crippen LogP contribution is -2.26. The second-order valence-electron chi connectivity index (χ2n) is 5.14. The number of nitrogens with one attached hydrogen (secondary N) is 1. The van der Waals surface area contributed by atoms with Crippen LogP contribution in [-0.4, -0.2) is 11.0 Å². The van der Waals surface area contributed by atoms with Crippen LogP contribution < -0.4 is 5.32 Å². The number of rotatable bonds is 3. The Morgan fingerprint density at radius 3 is 2.72 bits per heavy atom. The molecule has 1 aromatic rings. The second kappa shape index (κ2) is 5.85. The Balaban J connectivity index is 2.14. The molecule has 2 atom stereocenters. The Morgan fingerprint density at radius 2 is 1.94 bits per heavy atom. The standard InChI is InChI=1S/C14H20N2O2/c1-11-7-3-2-4-8-12(11)15-13-9-5-6-10-14(13)16(17)18/h5-6,9-12,15H,2-4,7-8H2,1H3. The van der Waals surface area contributed by atoms with Crippen LogP contribution in [-0.2, 0) is 0 Å². The number of anilines is 1. The quantitative estimate of drug-likeness (QED) is 0.500. The molecule has 1 saturated carbocycles. The molecule has 98 valence electrons. The molecule has 0 bridgehead atoms. The Hall–Kier alpha value is -1.58. The van der Waals surface area contributed by atoms with E-state index < -0.39 is 0 Å². The fourth-order valence-electron chi connectivity index (χ4n) is 2.66. The lowest BCUT2D eigenvalue weighted by Gasteiger charge is -2.23. The highest BCUT2D eigenvalue weighted by molar-refractivity contribution is 5.61. The van der Waals surface area contributed by atoms with Crippen LogP contribution in [0, 0.1) is 16.0 Å². The van der Waals surface area contributed by atoms with Crippen LogP contribution in [0.3, 0.4) is 0 Å². The zero-order valence-electron chi connectivity index (χ0n) is 10.8. The van der Waals surface area contributed by atoms with Crippen molar-refractivity contribution >= 4 is 11.4 Å². The first-order valence-electron chi connectivity index (χ1n) is 6.68. The lowest BCUT2D eigenvalue weighted by molar-refractivity contribution is -0.384. The SMILES string of the molecule is CC1CCCCCC1Nc1ccccc1[N+](=O)[O-]. The Labute approximate surface area is 108 Å². The molecule has 0 aromatic heterocycles. The smallest absolute Gasteiger partial charge is 0.292 e. The lowest BCUT2D eigenvalue weighted by atomic mass is 9.96. The number of benzene rings is 1. The van der Waals surface area contributed by atoms with E-state index in [9.17, 15) is 10.1 Å². The van der Waals surface area contributed by atoms with Gasteiger partial charge in [0.25, 0.3) is 5.69 Å². The summed E-state index contributed by atoms with van der Waals surface area (Å²) in [5, 5.41) is 14.4. The van der Waals surface area contributed by atoms with Crippen molar-refractivity contribution < 1.29 is 4.92 Å². The zero-order valence-corrected chi connectivity index (χ0v) is 10.8. The molecular weight excluding hydrogens is 228 g/mol. The summed E-state index contributed by atoms with van der Waals surface area (Å²) in [6.45, 7) is 2.23.